The Balaban J connectivity index is 2.28. The summed E-state index contributed by atoms with van der Waals surface area (Å²) in [7, 11) is 1.76. The molecule has 1 atom stereocenters. The van der Waals surface area contributed by atoms with Gasteiger partial charge < -0.3 is 4.74 Å². The maximum atomic E-state index is 5.67. The van der Waals surface area contributed by atoms with Gasteiger partial charge in [-0.15, -0.1) is 0 Å². The van der Waals surface area contributed by atoms with Gasteiger partial charge in [0.15, 0.2) is 0 Å². The number of pyridine rings is 1. The second-order valence-corrected chi connectivity index (χ2v) is 4.52. The predicted molar refractivity (Wildman–Crippen MR) is 62.6 cm³/mol. The third-order valence-corrected chi connectivity index (χ3v) is 3.53. The molecule has 0 aromatic carbocycles. The Morgan fingerprint density at radius 2 is 2.25 bits per heavy atom. The average Bonchev–Trinajstić information content (AvgIpc) is 2.23. The van der Waals surface area contributed by atoms with E-state index < -0.39 is 0 Å². The highest BCUT2D eigenvalue weighted by Gasteiger charge is 2.45. The summed E-state index contributed by atoms with van der Waals surface area (Å²) in [5.41, 5.74) is 4.97. The molecule has 3 N–H and O–H groups in total. The number of nitrogens with one attached hydrogen (secondary N) is 1. The van der Waals surface area contributed by atoms with Crippen LogP contribution in [0.15, 0.2) is 18.5 Å². The summed E-state index contributed by atoms with van der Waals surface area (Å²) >= 11 is 0. The Bertz CT molecular complexity index is 358. The number of aryl methyl sites for hydroxylation is 1. The van der Waals surface area contributed by atoms with E-state index in [0.29, 0.717) is 0 Å². The lowest BCUT2D eigenvalue weighted by Gasteiger charge is -2.46. The van der Waals surface area contributed by atoms with Gasteiger partial charge in [-0.25, -0.2) is 0 Å². The molecule has 1 aromatic rings. The van der Waals surface area contributed by atoms with Crippen molar-refractivity contribution >= 4 is 0 Å². The molecule has 16 heavy (non-hydrogen) atoms. The molecule has 4 nitrogen and oxygen atoms in total. The smallest absolute Gasteiger partial charge is 0.0886 e. The van der Waals surface area contributed by atoms with E-state index >= 15 is 0 Å². The van der Waals surface area contributed by atoms with Gasteiger partial charge in [0.25, 0.3) is 0 Å². The van der Waals surface area contributed by atoms with Gasteiger partial charge in [-0.05, 0) is 37.3 Å². The second-order valence-electron chi connectivity index (χ2n) is 4.52. The molecule has 1 aliphatic carbocycles. The topological polar surface area (TPSA) is 60.2 Å². The van der Waals surface area contributed by atoms with Gasteiger partial charge >= 0.3 is 0 Å². The lowest BCUT2D eigenvalue weighted by Crippen LogP contribution is -2.52. The van der Waals surface area contributed by atoms with Crippen LogP contribution in [0.3, 0.4) is 0 Å². The molecule has 1 saturated carbocycles. The molecule has 2 rings (SSSR count). The van der Waals surface area contributed by atoms with Crippen molar-refractivity contribution in [2.24, 2.45) is 5.84 Å². The number of methoxy groups -OCH3 is 1. The molecule has 1 unspecified atom stereocenters. The molecule has 0 spiro atoms. The monoisotopic (exact) mass is 221 g/mol. The minimum Gasteiger partial charge on any atom is -0.376 e. The maximum absolute atomic E-state index is 5.67. The van der Waals surface area contributed by atoms with E-state index in [0.717, 1.165) is 24.0 Å². The summed E-state index contributed by atoms with van der Waals surface area (Å²) in [6, 6.07) is 2.13. The van der Waals surface area contributed by atoms with Crippen LogP contribution < -0.4 is 11.3 Å². The molecule has 0 saturated heterocycles. The SMILES string of the molecule is COC1(C(NN)c2cncc(C)c2)CCC1. The van der Waals surface area contributed by atoms with Crippen LogP contribution in [0, 0.1) is 6.92 Å². The fraction of sp³-hybridized carbons (Fsp3) is 0.583. The zero-order chi connectivity index (χ0) is 11.6. The molecule has 0 radical (unpaired) electrons. The first kappa shape index (κ1) is 11.5. The molecule has 1 aliphatic rings. The first-order chi connectivity index (χ1) is 7.72. The fourth-order valence-electron chi connectivity index (χ4n) is 2.42. The number of rotatable bonds is 4. The van der Waals surface area contributed by atoms with Crippen LogP contribution in [-0.4, -0.2) is 17.7 Å². The van der Waals surface area contributed by atoms with Crippen LogP contribution in [0.2, 0.25) is 0 Å². The van der Waals surface area contributed by atoms with Crippen molar-refractivity contribution in [2.75, 3.05) is 7.11 Å². The molecule has 1 heterocycles. The van der Waals surface area contributed by atoms with Gasteiger partial charge in [0.1, 0.15) is 0 Å². The van der Waals surface area contributed by atoms with Crippen LogP contribution in [0.5, 0.6) is 0 Å². The number of hydrogen-bond donors (Lipinski definition) is 2. The molecule has 4 heteroatoms. The number of ether oxygens (including phenoxy) is 1. The first-order valence-electron chi connectivity index (χ1n) is 5.65. The maximum Gasteiger partial charge on any atom is 0.0886 e. The van der Waals surface area contributed by atoms with Crippen molar-refractivity contribution in [2.45, 2.75) is 37.8 Å². The lowest BCUT2D eigenvalue weighted by molar-refractivity contribution is -0.0999. The summed E-state index contributed by atoms with van der Waals surface area (Å²) in [6.45, 7) is 2.03. The van der Waals surface area contributed by atoms with Gasteiger partial charge in [0.05, 0.1) is 11.6 Å². The minimum atomic E-state index is -0.149. The highest BCUT2D eigenvalue weighted by molar-refractivity contribution is 5.24. The number of hydrogen-bond acceptors (Lipinski definition) is 4. The van der Waals surface area contributed by atoms with Gasteiger partial charge in [-0.1, -0.05) is 6.07 Å². The third-order valence-electron chi connectivity index (χ3n) is 3.53. The van der Waals surface area contributed by atoms with Crippen LogP contribution >= 0.6 is 0 Å². The van der Waals surface area contributed by atoms with Gasteiger partial charge in [-0.3, -0.25) is 16.3 Å². The summed E-state index contributed by atoms with van der Waals surface area (Å²) in [5, 5.41) is 0. The Labute approximate surface area is 96.2 Å². The van der Waals surface area contributed by atoms with E-state index in [2.05, 4.69) is 16.5 Å². The van der Waals surface area contributed by atoms with E-state index in [1.165, 1.54) is 6.42 Å². The molecule has 1 aromatic heterocycles. The Kier molecular flexibility index (Phi) is 3.23. The Hall–Kier alpha value is -0.970. The fourth-order valence-corrected chi connectivity index (χ4v) is 2.42. The van der Waals surface area contributed by atoms with Gasteiger partial charge in [0.2, 0.25) is 0 Å². The predicted octanol–water partition coefficient (Wildman–Crippen LogP) is 1.46. The highest BCUT2D eigenvalue weighted by atomic mass is 16.5. The molecule has 0 bridgehead atoms. The van der Waals surface area contributed by atoms with Crippen molar-refractivity contribution < 1.29 is 4.74 Å². The molecule has 88 valence electrons. The molecular weight excluding hydrogens is 202 g/mol. The zero-order valence-electron chi connectivity index (χ0n) is 9.86. The van der Waals surface area contributed by atoms with Crippen molar-refractivity contribution in [3.63, 3.8) is 0 Å². The first-order valence-corrected chi connectivity index (χ1v) is 5.65. The molecular formula is C12H19N3O. The van der Waals surface area contributed by atoms with Gasteiger partial charge in [0, 0.05) is 19.5 Å². The number of nitrogens with two attached hydrogens (primary N) is 1. The standard InChI is InChI=1S/C12H19N3O/c1-9-6-10(8-14-7-9)11(15-13)12(16-2)4-3-5-12/h6-8,11,15H,3-5,13H2,1-2H3. The molecule has 0 aliphatic heterocycles. The second kappa shape index (κ2) is 4.49. The molecule has 0 amide bonds. The summed E-state index contributed by atoms with van der Waals surface area (Å²) in [4.78, 5) is 4.21. The normalized spacial score (nSPS) is 20.2. The van der Waals surface area contributed by atoms with Crippen molar-refractivity contribution in [1.29, 1.82) is 0 Å². The van der Waals surface area contributed by atoms with Crippen LogP contribution in [0.25, 0.3) is 0 Å². The average molecular weight is 221 g/mol. The third kappa shape index (κ3) is 1.84. The summed E-state index contributed by atoms with van der Waals surface area (Å²) in [6.07, 6.45) is 7.00. The van der Waals surface area contributed by atoms with Crippen LogP contribution in [-0.2, 0) is 4.74 Å². The zero-order valence-corrected chi connectivity index (χ0v) is 9.86. The van der Waals surface area contributed by atoms with E-state index in [1.807, 2.05) is 19.3 Å². The highest BCUT2D eigenvalue weighted by Crippen LogP contribution is 2.44. The van der Waals surface area contributed by atoms with Crippen molar-refractivity contribution in [3.8, 4) is 0 Å². The van der Waals surface area contributed by atoms with Crippen molar-refractivity contribution in [3.05, 3.63) is 29.6 Å². The lowest BCUT2D eigenvalue weighted by atomic mass is 9.72. The summed E-state index contributed by atoms with van der Waals surface area (Å²) in [5.74, 6) is 5.67. The number of aromatic nitrogens is 1. The Morgan fingerprint density at radius 3 is 2.69 bits per heavy atom. The van der Waals surface area contributed by atoms with Gasteiger partial charge in [-0.2, -0.15) is 0 Å². The summed E-state index contributed by atoms with van der Waals surface area (Å²) < 4.78 is 5.65. The minimum absolute atomic E-state index is 0.0265. The van der Waals surface area contributed by atoms with Crippen LogP contribution in [0.1, 0.15) is 36.4 Å². The Morgan fingerprint density at radius 1 is 1.50 bits per heavy atom. The van der Waals surface area contributed by atoms with E-state index in [1.54, 1.807) is 7.11 Å². The quantitative estimate of drug-likeness (QED) is 0.597. The van der Waals surface area contributed by atoms with E-state index in [4.69, 9.17) is 10.6 Å². The largest absolute Gasteiger partial charge is 0.376 e. The van der Waals surface area contributed by atoms with Crippen molar-refractivity contribution in [1.82, 2.24) is 10.4 Å². The number of hydrazine groups is 1. The molecule has 1 fully saturated rings. The van der Waals surface area contributed by atoms with Crippen LogP contribution in [0.4, 0.5) is 0 Å². The number of nitrogens with zero attached hydrogens (tertiary/aromatic N) is 1. The van der Waals surface area contributed by atoms with E-state index in [-0.39, 0.29) is 11.6 Å². The van der Waals surface area contributed by atoms with E-state index in [9.17, 15) is 0 Å².